The van der Waals surface area contributed by atoms with E-state index in [9.17, 15) is 4.79 Å². The van der Waals surface area contributed by atoms with Gasteiger partial charge in [0.25, 0.3) is 0 Å². The molecule has 1 N–H and O–H groups in total. The molecule has 0 radical (unpaired) electrons. The highest BCUT2D eigenvalue weighted by Crippen LogP contribution is 2.29. The fourth-order valence-electron chi connectivity index (χ4n) is 2.31. The maximum absolute atomic E-state index is 12.0. The van der Waals surface area contributed by atoms with E-state index in [-0.39, 0.29) is 5.91 Å². The predicted octanol–water partition coefficient (Wildman–Crippen LogP) is 6.87. The molecule has 1 amide bonds. The average molecular weight is 407 g/mol. The number of furan rings is 1. The summed E-state index contributed by atoms with van der Waals surface area (Å²) in [5, 5.41) is 4.40. The van der Waals surface area contributed by atoms with Crippen molar-refractivity contribution in [3.63, 3.8) is 0 Å². The second-order valence-electron chi connectivity index (χ2n) is 5.65. The number of hydrogen-bond donors (Lipinski definition) is 1. The lowest BCUT2D eigenvalue weighted by Gasteiger charge is -2.04. The number of hydrogen-bond acceptors (Lipinski definition) is 2. The summed E-state index contributed by atoms with van der Waals surface area (Å²) in [6.07, 6.45) is 2.97. The monoisotopic (exact) mass is 405 g/mol. The first-order chi connectivity index (χ1) is 12.4. The summed E-state index contributed by atoms with van der Waals surface area (Å²) in [6.45, 7) is 1.90. The lowest BCUT2D eigenvalue weighted by Crippen LogP contribution is -2.07. The first-order valence-corrected chi connectivity index (χ1v) is 8.85. The molecule has 0 saturated heterocycles. The summed E-state index contributed by atoms with van der Waals surface area (Å²) in [7, 11) is 0. The van der Waals surface area contributed by atoms with Crippen LogP contribution in [0.25, 0.3) is 17.4 Å². The molecule has 0 spiro atoms. The highest BCUT2D eigenvalue weighted by Gasteiger charge is 2.06. The lowest BCUT2D eigenvalue weighted by molar-refractivity contribution is -0.111. The molecule has 2 aromatic carbocycles. The third-order valence-corrected chi connectivity index (χ3v) is 4.46. The van der Waals surface area contributed by atoms with Crippen molar-refractivity contribution < 1.29 is 9.21 Å². The van der Waals surface area contributed by atoms with Gasteiger partial charge in [0.05, 0.1) is 0 Å². The molecule has 0 saturated carbocycles. The molecule has 0 bridgehead atoms. The van der Waals surface area contributed by atoms with E-state index >= 15 is 0 Å². The van der Waals surface area contributed by atoms with Crippen LogP contribution in [0.1, 0.15) is 11.3 Å². The number of anilines is 1. The standard InChI is InChI=1S/C20H14Cl3NO2/c1-12-2-3-16(11-18(12)23)24-20(25)7-5-17-4-6-19(26-17)13-8-14(21)10-15(22)9-13/h2-11H,1H3,(H,24,25)/b7-5+. The van der Waals surface area contributed by atoms with Gasteiger partial charge >= 0.3 is 0 Å². The molecule has 3 nitrogen and oxygen atoms in total. The zero-order valence-electron chi connectivity index (χ0n) is 13.7. The number of carbonyl (C=O) groups excluding carboxylic acids is 1. The summed E-state index contributed by atoms with van der Waals surface area (Å²) in [5.74, 6) is 0.863. The fraction of sp³-hybridized carbons (Fsp3) is 0.0500. The van der Waals surface area contributed by atoms with Crippen molar-refractivity contribution in [3.8, 4) is 11.3 Å². The van der Waals surface area contributed by atoms with Crippen molar-refractivity contribution in [2.45, 2.75) is 6.92 Å². The molecule has 26 heavy (non-hydrogen) atoms. The molecule has 6 heteroatoms. The number of halogens is 3. The van der Waals surface area contributed by atoms with Crippen LogP contribution in [0.3, 0.4) is 0 Å². The van der Waals surface area contributed by atoms with Crippen molar-refractivity contribution in [1.29, 1.82) is 0 Å². The highest BCUT2D eigenvalue weighted by molar-refractivity contribution is 6.35. The van der Waals surface area contributed by atoms with Crippen LogP contribution in [0.15, 0.2) is 59.0 Å². The lowest BCUT2D eigenvalue weighted by atomic mass is 10.2. The molecule has 0 aliphatic rings. The molecule has 0 unspecified atom stereocenters. The highest BCUT2D eigenvalue weighted by atomic mass is 35.5. The molecule has 3 aromatic rings. The SMILES string of the molecule is Cc1ccc(NC(=O)/C=C/c2ccc(-c3cc(Cl)cc(Cl)c3)o2)cc1Cl. The van der Waals surface area contributed by atoms with Crippen LogP contribution in [0.2, 0.25) is 15.1 Å². The van der Waals surface area contributed by atoms with E-state index in [1.807, 2.05) is 13.0 Å². The Morgan fingerprint density at radius 1 is 1.00 bits per heavy atom. The van der Waals surface area contributed by atoms with Crippen LogP contribution in [0.4, 0.5) is 5.69 Å². The number of nitrogens with one attached hydrogen (secondary N) is 1. The van der Waals surface area contributed by atoms with Gasteiger partial charge in [-0.25, -0.2) is 0 Å². The van der Waals surface area contributed by atoms with Gasteiger partial charge < -0.3 is 9.73 Å². The number of rotatable bonds is 4. The summed E-state index contributed by atoms with van der Waals surface area (Å²) in [5.41, 5.74) is 2.34. The quantitative estimate of drug-likeness (QED) is 0.480. The Labute approximate surface area is 166 Å². The zero-order chi connectivity index (χ0) is 18.7. The first-order valence-electron chi connectivity index (χ1n) is 7.72. The molecule has 1 aromatic heterocycles. The van der Waals surface area contributed by atoms with Crippen LogP contribution in [-0.4, -0.2) is 5.91 Å². The molecule has 0 aliphatic heterocycles. The van der Waals surface area contributed by atoms with Gasteiger partial charge in [0.1, 0.15) is 11.5 Å². The summed E-state index contributed by atoms with van der Waals surface area (Å²) < 4.78 is 5.71. The van der Waals surface area contributed by atoms with Crippen LogP contribution < -0.4 is 5.32 Å². The molecule has 0 fully saturated rings. The van der Waals surface area contributed by atoms with Gasteiger partial charge in [-0.3, -0.25) is 4.79 Å². The summed E-state index contributed by atoms with van der Waals surface area (Å²) in [4.78, 5) is 12.0. The van der Waals surface area contributed by atoms with E-state index in [1.54, 1.807) is 48.5 Å². The van der Waals surface area contributed by atoms with Crippen molar-refractivity contribution in [3.05, 3.63) is 81.0 Å². The van der Waals surface area contributed by atoms with E-state index in [2.05, 4.69) is 5.32 Å². The molecular formula is C20H14Cl3NO2. The molecular weight excluding hydrogens is 393 g/mol. The van der Waals surface area contributed by atoms with E-state index in [1.165, 1.54) is 6.08 Å². The predicted molar refractivity (Wildman–Crippen MR) is 108 cm³/mol. The van der Waals surface area contributed by atoms with Crippen molar-refractivity contribution in [1.82, 2.24) is 0 Å². The van der Waals surface area contributed by atoms with Crippen LogP contribution in [-0.2, 0) is 4.79 Å². The maximum Gasteiger partial charge on any atom is 0.248 e. The third kappa shape index (κ3) is 4.70. The van der Waals surface area contributed by atoms with Gasteiger partial charge in [-0.2, -0.15) is 0 Å². The minimum Gasteiger partial charge on any atom is -0.457 e. The molecule has 132 valence electrons. The molecule has 0 atom stereocenters. The first kappa shape index (κ1) is 18.6. The second kappa shape index (κ2) is 8.00. The van der Waals surface area contributed by atoms with E-state index in [0.29, 0.717) is 32.3 Å². The second-order valence-corrected chi connectivity index (χ2v) is 6.93. The van der Waals surface area contributed by atoms with Gasteiger partial charge in [0.15, 0.2) is 0 Å². The van der Waals surface area contributed by atoms with Crippen LogP contribution in [0, 0.1) is 6.92 Å². The Morgan fingerprint density at radius 3 is 2.42 bits per heavy atom. The largest absolute Gasteiger partial charge is 0.457 e. The van der Waals surface area contributed by atoms with E-state index < -0.39 is 0 Å². The topological polar surface area (TPSA) is 42.2 Å². The van der Waals surface area contributed by atoms with Gasteiger partial charge in [-0.1, -0.05) is 40.9 Å². The smallest absolute Gasteiger partial charge is 0.248 e. The molecule has 0 aliphatic carbocycles. The Bertz CT molecular complexity index is 972. The van der Waals surface area contributed by atoms with Gasteiger partial charge in [-0.15, -0.1) is 0 Å². The Balaban J connectivity index is 1.69. The zero-order valence-corrected chi connectivity index (χ0v) is 16.0. The fourth-order valence-corrected chi connectivity index (χ4v) is 3.01. The Kier molecular flexibility index (Phi) is 5.72. The maximum atomic E-state index is 12.0. The number of amides is 1. The van der Waals surface area contributed by atoms with Gasteiger partial charge in [0, 0.05) is 32.4 Å². The summed E-state index contributed by atoms with van der Waals surface area (Å²) >= 11 is 18.1. The number of aryl methyl sites for hydroxylation is 1. The molecule has 1 heterocycles. The van der Waals surface area contributed by atoms with Gasteiger partial charge in [0.2, 0.25) is 5.91 Å². The normalized spacial score (nSPS) is 11.1. The van der Waals surface area contributed by atoms with Crippen molar-refractivity contribution >= 4 is 52.5 Å². The average Bonchev–Trinajstić information content (AvgIpc) is 3.05. The Hall–Kier alpha value is -2.20. The van der Waals surface area contributed by atoms with Crippen molar-refractivity contribution in [2.75, 3.05) is 5.32 Å². The van der Waals surface area contributed by atoms with E-state index in [4.69, 9.17) is 39.2 Å². The number of carbonyl (C=O) groups is 1. The van der Waals surface area contributed by atoms with Crippen LogP contribution >= 0.6 is 34.8 Å². The Morgan fingerprint density at radius 2 is 1.73 bits per heavy atom. The van der Waals surface area contributed by atoms with Gasteiger partial charge in [-0.05, 0) is 61.0 Å². The van der Waals surface area contributed by atoms with E-state index in [0.717, 1.165) is 11.1 Å². The minimum atomic E-state index is -0.284. The van der Waals surface area contributed by atoms with Crippen LogP contribution in [0.5, 0.6) is 0 Å². The summed E-state index contributed by atoms with van der Waals surface area (Å²) in [6, 6.07) is 14.1. The minimum absolute atomic E-state index is 0.284. The van der Waals surface area contributed by atoms with Crippen molar-refractivity contribution in [2.24, 2.45) is 0 Å². The third-order valence-electron chi connectivity index (χ3n) is 3.61. The number of benzene rings is 2. The molecule has 3 rings (SSSR count).